The van der Waals surface area contributed by atoms with Crippen molar-refractivity contribution in [2.45, 2.75) is 14.9 Å². The van der Waals surface area contributed by atoms with Gasteiger partial charge in [0.1, 0.15) is 6.29 Å². The van der Waals surface area contributed by atoms with E-state index in [1.165, 1.54) is 12.1 Å². The second kappa shape index (κ2) is 16.0. The highest BCUT2D eigenvalue weighted by atomic mass is 16.4. The molecule has 0 aliphatic rings. The van der Waals surface area contributed by atoms with Gasteiger partial charge in [0.05, 0.1) is 0 Å². The molecule has 0 fully saturated rings. The molecule has 0 aliphatic carbocycles. The number of aliphatic carboxylic acids is 1. The van der Waals surface area contributed by atoms with E-state index in [1.54, 1.807) is 30.3 Å². The fraction of sp³-hybridized carbons (Fsp3) is 0.111. The van der Waals surface area contributed by atoms with Crippen LogP contribution < -0.4 is 0 Å². The lowest BCUT2D eigenvalue weighted by Gasteiger charge is -1.91. The van der Waals surface area contributed by atoms with Crippen LogP contribution in [0, 0.1) is 0 Å². The SMILES string of the molecule is C.C.O=C(O)C(=O)c1ccccc1.O=C=O.O=Cc1ccccc1. The first-order valence-corrected chi connectivity index (χ1v) is 5.89. The lowest BCUT2D eigenvalue weighted by Crippen LogP contribution is -2.12. The molecule has 2 aromatic rings. The van der Waals surface area contributed by atoms with Gasteiger partial charge in [-0.25, -0.2) is 4.79 Å². The summed E-state index contributed by atoms with van der Waals surface area (Å²) in [6.45, 7) is 0. The highest BCUT2D eigenvalue weighted by Gasteiger charge is 2.12. The van der Waals surface area contributed by atoms with Crippen molar-refractivity contribution in [1.82, 2.24) is 0 Å². The van der Waals surface area contributed by atoms with Crippen LogP contribution >= 0.6 is 0 Å². The topological polar surface area (TPSA) is 106 Å². The second-order valence-corrected chi connectivity index (χ2v) is 3.61. The molecular weight excluding hydrogens is 312 g/mol. The van der Waals surface area contributed by atoms with Gasteiger partial charge in [0.25, 0.3) is 5.78 Å². The van der Waals surface area contributed by atoms with E-state index in [0.717, 1.165) is 11.8 Å². The first-order chi connectivity index (χ1) is 10.6. The molecule has 0 atom stereocenters. The molecule has 0 spiro atoms. The van der Waals surface area contributed by atoms with Gasteiger partial charge in [0.15, 0.2) is 0 Å². The minimum atomic E-state index is -1.42. The second-order valence-electron chi connectivity index (χ2n) is 3.61. The Morgan fingerprint density at radius 3 is 1.50 bits per heavy atom. The maximum absolute atomic E-state index is 10.7. The van der Waals surface area contributed by atoms with Gasteiger partial charge in [-0.1, -0.05) is 75.5 Å². The number of rotatable bonds is 3. The number of hydrogen-bond acceptors (Lipinski definition) is 5. The number of aldehydes is 1. The van der Waals surface area contributed by atoms with Gasteiger partial charge in [0.2, 0.25) is 0 Å². The van der Waals surface area contributed by atoms with Crippen molar-refractivity contribution in [1.29, 1.82) is 0 Å². The number of Topliss-reactive ketones (excluding diaryl/α,β-unsaturated/α-hetero) is 1. The van der Waals surface area contributed by atoms with Crippen LogP contribution in [0.15, 0.2) is 60.7 Å². The van der Waals surface area contributed by atoms with E-state index in [1.807, 2.05) is 18.2 Å². The van der Waals surface area contributed by atoms with Crippen LogP contribution in [-0.4, -0.2) is 29.3 Å². The van der Waals surface area contributed by atoms with Gasteiger partial charge in [0, 0.05) is 11.1 Å². The zero-order chi connectivity index (χ0) is 16.8. The minimum absolute atomic E-state index is 0. The Bertz CT molecular complexity index is 629. The summed E-state index contributed by atoms with van der Waals surface area (Å²) in [6.07, 6.45) is 1.08. The highest BCUT2D eigenvalue weighted by Crippen LogP contribution is 1.98. The summed E-state index contributed by atoms with van der Waals surface area (Å²) >= 11 is 0. The van der Waals surface area contributed by atoms with E-state index in [9.17, 15) is 14.4 Å². The summed E-state index contributed by atoms with van der Waals surface area (Å²) in [5, 5.41) is 8.29. The Balaban J connectivity index is -0.000000303. The average Bonchev–Trinajstić information content (AvgIpc) is 2.57. The molecule has 2 rings (SSSR count). The third-order valence-corrected chi connectivity index (χ3v) is 2.17. The van der Waals surface area contributed by atoms with Crippen molar-refractivity contribution in [2.24, 2.45) is 0 Å². The average molecular weight is 332 g/mol. The molecule has 2 aromatic carbocycles. The summed E-state index contributed by atoms with van der Waals surface area (Å²) in [7, 11) is 0. The molecular formula is C18H20O6. The number of hydrogen-bond donors (Lipinski definition) is 1. The van der Waals surface area contributed by atoms with Crippen molar-refractivity contribution in [2.75, 3.05) is 0 Å². The number of carbonyl (C=O) groups is 3. The van der Waals surface area contributed by atoms with E-state index in [-0.39, 0.29) is 26.6 Å². The molecule has 128 valence electrons. The van der Waals surface area contributed by atoms with E-state index in [2.05, 4.69) is 0 Å². The standard InChI is InChI=1S/C8H6O3.C7H6O.CO2.2CH4/c9-7(8(10)11)6-4-2-1-3-5-6;8-6-7-4-2-1-3-5-7;2-1-3;;/h1-5H,(H,10,11);1-6H;;2*1H4. The number of ketones is 1. The summed E-state index contributed by atoms with van der Waals surface area (Å²) in [5.74, 6) is -2.29. The Morgan fingerprint density at radius 2 is 1.21 bits per heavy atom. The fourth-order valence-electron chi connectivity index (χ4n) is 1.24. The van der Waals surface area contributed by atoms with Crippen molar-refractivity contribution in [3.05, 3.63) is 71.8 Å². The van der Waals surface area contributed by atoms with Gasteiger partial charge in [-0.05, 0) is 0 Å². The van der Waals surface area contributed by atoms with Gasteiger partial charge >= 0.3 is 12.1 Å². The van der Waals surface area contributed by atoms with Crippen LogP contribution in [0.1, 0.15) is 35.6 Å². The zero-order valence-corrected chi connectivity index (χ0v) is 11.3. The molecule has 0 amide bonds. The molecule has 0 saturated carbocycles. The smallest absolute Gasteiger partial charge is 0.377 e. The first kappa shape index (κ1) is 25.6. The Hall–Kier alpha value is -3.37. The van der Waals surface area contributed by atoms with Gasteiger partial charge in [-0.3, -0.25) is 9.59 Å². The Kier molecular flexibility index (Phi) is 17.1. The van der Waals surface area contributed by atoms with Gasteiger partial charge in [-0.2, -0.15) is 9.59 Å². The molecule has 0 heterocycles. The molecule has 0 aromatic heterocycles. The van der Waals surface area contributed by atoms with Crippen LogP contribution in [0.25, 0.3) is 0 Å². The number of carboxylic acids is 1. The molecule has 1 N–H and O–H groups in total. The summed E-state index contributed by atoms with van der Waals surface area (Å²) < 4.78 is 0. The monoisotopic (exact) mass is 332 g/mol. The molecule has 0 unspecified atom stereocenters. The summed E-state index contributed by atoms with van der Waals surface area (Å²) in [5.41, 5.74) is 0.938. The van der Waals surface area contributed by atoms with Crippen LogP contribution in [0.4, 0.5) is 0 Å². The quantitative estimate of drug-likeness (QED) is 0.526. The van der Waals surface area contributed by atoms with Crippen LogP contribution in [0.2, 0.25) is 0 Å². The maximum Gasteiger partial charge on any atom is 0.377 e. The molecule has 6 nitrogen and oxygen atoms in total. The molecule has 0 radical (unpaired) electrons. The largest absolute Gasteiger partial charge is 0.475 e. The molecule has 0 bridgehead atoms. The minimum Gasteiger partial charge on any atom is -0.475 e. The molecule has 24 heavy (non-hydrogen) atoms. The van der Waals surface area contributed by atoms with E-state index in [0.29, 0.717) is 0 Å². The molecule has 0 saturated heterocycles. The number of benzene rings is 2. The van der Waals surface area contributed by atoms with Crippen LogP contribution in [-0.2, 0) is 14.4 Å². The third-order valence-electron chi connectivity index (χ3n) is 2.17. The van der Waals surface area contributed by atoms with Crippen molar-refractivity contribution in [3.63, 3.8) is 0 Å². The summed E-state index contributed by atoms with van der Waals surface area (Å²) in [6, 6.07) is 17.0. The number of carbonyl (C=O) groups excluding carboxylic acids is 4. The van der Waals surface area contributed by atoms with E-state index < -0.39 is 11.8 Å². The van der Waals surface area contributed by atoms with Crippen molar-refractivity contribution in [3.8, 4) is 0 Å². The van der Waals surface area contributed by atoms with Crippen molar-refractivity contribution >= 4 is 24.2 Å². The predicted molar refractivity (Wildman–Crippen MR) is 88.7 cm³/mol. The lowest BCUT2D eigenvalue weighted by molar-refractivity contribution is -0.191. The summed E-state index contributed by atoms with van der Waals surface area (Å²) in [4.78, 5) is 47.2. The fourth-order valence-corrected chi connectivity index (χ4v) is 1.24. The maximum atomic E-state index is 10.7. The number of carboxylic acid groups (broad SMARTS) is 1. The van der Waals surface area contributed by atoms with E-state index >= 15 is 0 Å². The highest BCUT2D eigenvalue weighted by molar-refractivity contribution is 6.39. The lowest BCUT2D eigenvalue weighted by atomic mass is 10.1. The van der Waals surface area contributed by atoms with Crippen LogP contribution in [0.5, 0.6) is 0 Å². The Labute approximate surface area is 140 Å². The van der Waals surface area contributed by atoms with Gasteiger partial charge < -0.3 is 5.11 Å². The molecule has 6 heteroatoms. The van der Waals surface area contributed by atoms with Crippen molar-refractivity contribution < 1.29 is 29.1 Å². The predicted octanol–water partition coefficient (Wildman–Crippen LogP) is 3.14. The zero-order valence-electron chi connectivity index (χ0n) is 11.3. The third kappa shape index (κ3) is 11.3. The first-order valence-electron chi connectivity index (χ1n) is 5.89. The van der Waals surface area contributed by atoms with Crippen LogP contribution in [0.3, 0.4) is 0 Å². The molecule has 0 aliphatic heterocycles. The van der Waals surface area contributed by atoms with E-state index in [4.69, 9.17) is 14.7 Å². The van der Waals surface area contributed by atoms with Gasteiger partial charge in [-0.15, -0.1) is 0 Å². The Morgan fingerprint density at radius 1 is 0.833 bits per heavy atom. The normalized spacial score (nSPS) is 7.33.